The lowest BCUT2D eigenvalue weighted by atomic mass is 10.2. The summed E-state index contributed by atoms with van der Waals surface area (Å²) in [5.74, 6) is 0. The zero-order chi connectivity index (χ0) is 13.6. The SMILES string of the molecule is NCCOCCOCCOCCOC1CCCCO1. The summed E-state index contributed by atoms with van der Waals surface area (Å²) in [7, 11) is 0. The van der Waals surface area contributed by atoms with Gasteiger partial charge in [0.05, 0.1) is 46.2 Å². The van der Waals surface area contributed by atoms with Crippen molar-refractivity contribution >= 4 is 0 Å². The van der Waals surface area contributed by atoms with Crippen molar-refractivity contribution in [2.45, 2.75) is 25.6 Å². The minimum Gasteiger partial charge on any atom is -0.378 e. The zero-order valence-corrected chi connectivity index (χ0v) is 11.7. The van der Waals surface area contributed by atoms with Crippen molar-refractivity contribution < 1.29 is 23.7 Å². The highest BCUT2D eigenvalue weighted by Crippen LogP contribution is 2.13. The third kappa shape index (κ3) is 10.2. The van der Waals surface area contributed by atoms with Gasteiger partial charge in [-0.15, -0.1) is 0 Å². The Morgan fingerprint density at radius 2 is 1.47 bits per heavy atom. The van der Waals surface area contributed by atoms with E-state index in [2.05, 4.69) is 0 Å². The van der Waals surface area contributed by atoms with E-state index in [4.69, 9.17) is 29.4 Å². The molecule has 0 spiro atoms. The molecule has 1 rings (SSSR count). The Morgan fingerprint density at radius 1 is 0.842 bits per heavy atom. The van der Waals surface area contributed by atoms with Crippen molar-refractivity contribution in [2.24, 2.45) is 5.73 Å². The van der Waals surface area contributed by atoms with Gasteiger partial charge in [-0.1, -0.05) is 0 Å². The van der Waals surface area contributed by atoms with Gasteiger partial charge in [0.1, 0.15) is 0 Å². The maximum absolute atomic E-state index is 5.54. The van der Waals surface area contributed by atoms with E-state index in [9.17, 15) is 0 Å². The molecule has 0 aliphatic carbocycles. The molecule has 6 nitrogen and oxygen atoms in total. The van der Waals surface area contributed by atoms with Crippen LogP contribution in [0.4, 0.5) is 0 Å². The molecule has 1 aliphatic heterocycles. The van der Waals surface area contributed by atoms with Crippen LogP contribution in [0.1, 0.15) is 19.3 Å². The summed E-state index contributed by atoms with van der Waals surface area (Å²) in [4.78, 5) is 0. The third-order valence-corrected chi connectivity index (χ3v) is 2.68. The van der Waals surface area contributed by atoms with Crippen LogP contribution in [0, 0.1) is 0 Å². The number of hydrogen-bond acceptors (Lipinski definition) is 6. The molecule has 6 heteroatoms. The van der Waals surface area contributed by atoms with Crippen molar-refractivity contribution in [3.05, 3.63) is 0 Å². The second kappa shape index (κ2) is 12.8. The van der Waals surface area contributed by atoms with Gasteiger partial charge >= 0.3 is 0 Å². The topological polar surface area (TPSA) is 72.2 Å². The van der Waals surface area contributed by atoms with Gasteiger partial charge < -0.3 is 29.4 Å². The fourth-order valence-corrected chi connectivity index (χ4v) is 1.71. The molecule has 1 saturated heterocycles. The first-order chi connectivity index (χ1) is 9.43. The van der Waals surface area contributed by atoms with Crippen molar-refractivity contribution in [3.63, 3.8) is 0 Å². The number of ether oxygens (including phenoxy) is 5. The molecule has 19 heavy (non-hydrogen) atoms. The number of nitrogens with two attached hydrogens (primary N) is 1. The van der Waals surface area contributed by atoms with Gasteiger partial charge in [-0.05, 0) is 19.3 Å². The predicted molar refractivity (Wildman–Crippen MR) is 71.1 cm³/mol. The molecular formula is C13H27NO5. The van der Waals surface area contributed by atoms with E-state index in [1.54, 1.807) is 0 Å². The van der Waals surface area contributed by atoms with E-state index >= 15 is 0 Å². The molecule has 0 radical (unpaired) electrons. The lowest BCUT2D eigenvalue weighted by molar-refractivity contribution is -0.169. The van der Waals surface area contributed by atoms with Gasteiger partial charge in [0, 0.05) is 13.2 Å². The average molecular weight is 277 g/mol. The highest BCUT2D eigenvalue weighted by Gasteiger charge is 2.13. The Morgan fingerprint density at radius 3 is 2.05 bits per heavy atom. The fourth-order valence-electron chi connectivity index (χ4n) is 1.71. The van der Waals surface area contributed by atoms with Crippen molar-refractivity contribution in [1.29, 1.82) is 0 Å². The smallest absolute Gasteiger partial charge is 0.157 e. The van der Waals surface area contributed by atoms with Crippen LogP contribution in [-0.2, 0) is 23.7 Å². The predicted octanol–water partition coefficient (Wildman–Crippen LogP) is 0.538. The van der Waals surface area contributed by atoms with Gasteiger partial charge in [-0.25, -0.2) is 0 Å². The third-order valence-electron chi connectivity index (χ3n) is 2.68. The largest absolute Gasteiger partial charge is 0.378 e. The second-order valence-corrected chi connectivity index (χ2v) is 4.29. The molecule has 1 atom stereocenters. The van der Waals surface area contributed by atoms with Gasteiger partial charge in [0.2, 0.25) is 0 Å². The molecular weight excluding hydrogens is 250 g/mol. The van der Waals surface area contributed by atoms with Crippen LogP contribution in [0.5, 0.6) is 0 Å². The Hall–Kier alpha value is -0.240. The van der Waals surface area contributed by atoms with E-state index in [1.165, 1.54) is 6.42 Å². The summed E-state index contributed by atoms with van der Waals surface area (Å²) in [6, 6.07) is 0. The molecule has 2 N–H and O–H groups in total. The summed E-state index contributed by atoms with van der Waals surface area (Å²) in [5, 5.41) is 0. The van der Waals surface area contributed by atoms with Gasteiger partial charge in [0.15, 0.2) is 6.29 Å². The minimum absolute atomic E-state index is 0.0340. The molecule has 0 aromatic rings. The van der Waals surface area contributed by atoms with E-state index in [1.807, 2.05) is 0 Å². The van der Waals surface area contributed by atoms with Gasteiger partial charge in [-0.2, -0.15) is 0 Å². The minimum atomic E-state index is -0.0340. The molecule has 1 aliphatic rings. The zero-order valence-electron chi connectivity index (χ0n) is 11.7. The highest BCUT2D eigenvalue weighted by atomic mass is 16.7. The molecule has 0 saturated carbocycles. The standard InChI is InChI=1S/C13H27NO5/c14-4-6-15-7-8-16-9-10-17-11-12-19-13-3-1-2-5-18-13/h13H,1-12,14H2. The number of hydrogen-bond donors (Lipinski definition) is 1. The van der Waals surface area contributed by atoms with Gasteiger partial charge in [0.25, 0.3) is 0 Å². The average Bonchev–Trinajstić information content (AvgIpc) is 2.46. The molecule has 0 aromatic carbocycles. The van der Waals surface area contributed by atoms with E-state index in [0.29, 0.717) is 52.8 Å². The first kappa shape index (κ1) is 16.8. The van der Waals surface area contributed by atoms with Gasteiger partial charge in [-0.3, -0.25) is 0 Å². The molecule has 0 bridgehead atoms. The van der Waals surface area contributed by atoms with E-state index < -0.39 is 0 Å². The van der Waals surface area contributed by atoms with Crippen molar-refractivity contribution in [3.8, 4) is 0 Å². The molecule has 1 fully saturated rings. The highest BCUT2D eigenvalue weighted by molar-refractivity contribution is 4.53. The molecule has 0 aromatic heterocycles. The molecule has 114 valence electrons. The maximum Gasteiger partial charge on any atom is 0.157 e. The lowest BCUT2D eigenvalue weighted by Gasteiger charge is -2.22. The normalized spacial score (nSPS) is 19.7. The van der Waals surface area contributed by atoms with Crippen molar-refractivity contribution in [1.82, 2.24) is 0 Å². The summed E-state index contributed by atoms with van der Waals surface area (Å²) >= 11 is 0. The van der Waals surface area contributed by atoms with Crippen LogP contribution in [0.15, 0.2) is 0 Å². The summed E-state index contributed by atoms with van der Waals surface area (Å²) in [5.41, 5.74) is 5.28. The Balaban J connectivity index is 1.71. The van der Waals surface area contributed by atoms with E-state index in [0.717, 1.165) is 19.4 Å². The van der Waals surface area contributed by atoms with Crippen LogP contribution >= 0.6 is 0 Å². The Bertz CT molecular complexity index is 188. The van der Waals surface area contributed by atoms with Crippen LogP contribution in [-0.4, -0.2) is 65.7 Å². The first-order valence-electron chi connectivity index (χ1n) is 7.10. The van der Waals surface area contributed by atoms with Crippen LogP contribution in [0.3, 0.4) is 0 Å². The first-order valence-corrected chi connectivity index (χ1v) is 7.10. The van der Waals surface area contributed by atoms with Crippen molar-refractivity contribution in [2.75, 3.05) is 59.4 Å². The fraction of sp³-hybridized carbons (Fsp3) is 1.00. The Kier molecular flexibility index (Phi) is 11.3. The summed E-state index contributed by atoms with van der Waals surface area (Å²) < 4.78 is 26.9. The Labute approximate surface area is 115 Å². The number of rotatable bonds is 12. The second-order valence-electron chi connectivity index (χ2n) is 4.29. The summed E-state index contributed by atoms with van der Waals surface area (Å²) in [6.45, 7) is 5.41. The molecule has 1 unspecified atom stereocenters. The maximum atomic E-state index is 5.54. The van der Waals surface area contributed by atoms with Crippen LogP contribution < -0.4 is 5.73 Å². The van der Waals surface area contributed by atoms with Crippen LogP contribution in [0.2, 0.25) is 0 Å². The monoisotopic (exact) mass is 277 g/mol. The van der Waals surface area contributed by atoms with Crippen LogP contribution in [0.25, 0.3) is 0 Å². The lowest BCUT2D eigenvalue weighted by Crippen LogP contribution is -2.24. The quantitative estimate of drug-likeness (QED) is 0.525. The van der Waals surface area contributed by atoms with E-state index in [-0.39, 0.29) is 6.29 Å². The molecule has 0 amide bonds. The summed E-state index contributed by atoms with van der Waals surface area (Å²) in [6.07, 6.45) is 3.29. The molecule has 1 heterocycles.